The number of carbonyl (C=O) groups excluding carboxylic acids is 2. The van der Waals surface area contributed by atoms with Crippen LogP contribution in [0.25, 0.3) is 0 Å². The highest BCUT2D eigenvalue weighted by Gasteiger charge is 2.40. The number of nitrogens with zero attached hydrogens (tertiary/aromatic N) is 1. The Morgan fingerprint density at radius 3 is 2.60 bits per heavy atom. The first kappa shape index (κ1) is 16.5. The van der Waals surface area contributed by atoms with Crippen molar-refractivity contribution in [1.82, 2.24) is 14.9 Å². The fourth-order valence-corrected chi connectivity index (χ4v) is 5.78. The maximum atomic E-state index is 12.6. The molecule has 2 unspecified atom stereocenters. The fraction of sp³-hybridized carbons (Fsp3) is 0.529. The largest absolute Gasteiger partial charge is 0.349 e. The molecule has 2 bridgehead atoms. The highest BCUT2D eigenvalue weighted by atomic mass is 32.2. The second kappa shape index (κ2) is 5.81. The van der Waals surface area contributed by atoms with Gasteiger partial charge in [0, 0.05) is 30.2 Å². The number of sulfonamides is 1. The van der Waals surface area contributed by atoms with E-state index >= 15 is 0 Å². The maximum Gasteiger partial charge on any atom is 0.268 e. The zero-order valence-electron chi connectivity index (χ0n) is 14.0. The summed E-state index contributed by atoms with van der Waals surface area (Å²) in [4.78, 5) is 24.7. The molecule has 0 aliphatic carbocycles. The van der Waals surface area contributed by atoms with Gasteiger partial charge in [0.1, 0.15) is 4.90 Å². The summed E-state index contributed by atoms with van der Waals surface area (Å²) in [6.45, 7) is 1.69. The van der Waals surface area contributed by atoms with Crippen LogP contribution in [0.3, 0.4) is 0 Å². The van der Waals surface area contributed by atoms with E-state index in [-0.39, 0.29) is 34.5 Å². The van der Waals surface area contributed by atoms with E-state index in [4.69, 9.17) is 0 Å². The number of hydrogen-bond donors (Lipinski definition) is 2. The van der Waals surface area contributed by atoms with E-state index in [2.05, 4.69) is 10.6 Å². The van der Waals surface area contributed by atoms with Crippen LogP contribution in [-0.2, 0) is 10.0 Å². The molecule has 2 amide bonds. The van der Waals surface area contributed by atoms with Gasteiger partial charge in [-0.25, -0.2) is 12.7 Å². The summed E-state index contributed by atoms with van der Waals surface area (Å²) in [6, 6.07) is 5.30. The van der Waals surface area contributed by atoms with Gasteiger partial charge < -0.3 is 10.6 Å². The maximum absolute atomic E-state index is 12.6. The topological polar surface area (TPSA) is 95.6 Å². The zero-order valence-corrected chi connectivity index (χ0v) is 14.8. The van der Waals surface area contributed by atoms with Crippen LogP contribution in [0, 0.1) is 0 Å². The molecule has 4 rings (SSSR count). The molecule has 25 heavy (non-hydrogen) atoms. The second-order valence-corrected chi connectivity index (χ2v) is 8.80. The Bertz CT molecular complexity index is 839. The first-order valence-electron chi connectivity index (χ1n) is 8.68. The molecule has 8 heteroatoms. The third-order valence-electron chi connectivity index (χ3n) is 5.36. The van der Waals surface area contributed by atoms with Crippen LogP contribution in [0.1, 0.15) is 53.3 Å². The molecular weight excluding hydrogens is 342 g/mol. The monoisotopic (exact) mass is 363 g/mol. The molecule has 3 aliphatic heterocycles. The smallest absolute Gasteiger partial charge is 0.268 e. The van der Waals surface area contributed by atoms with Crippen molar-refractivity contribution in [2.75, 3.05) is 6.54 Å². The van der Waals surface area contributed by atoms with Gasteiger partial charge in [-0.3, -0.25) is 9.59 Å². The number of hydrogen-bond acceptors (Lipinski definition) is 5. The summed E-state index contributed by atoms with van der Waals surface area (Å²) in [7, 11) is -3.85. The van der Waals surface area contributed by atoms with Crippen LogP contribution in [-0.4, -0.2) is 49.2 Å². The summed E-state index contributed by atoms with van der Waals surface area (Å²) in [5.41, 5.74) is 0.414. The molecule has 0 spiro atoms. The molecule has 2 saturated heterocycles. The van der Waals surface area contributed by atoms with Gasteiger partial charge in [-0.05, 0) is 50.8 Å². The van der Waals surface area contributed by atoms with Crippen molar-refractivity contribution < 1.29 is 18.0 Å². The van der Waals surface area contributed by atoms with Gasteiger partial charge >= 0.3 is 0 Å². The molecule has 2 N–H and O–H groups in total. The minimum absolute atomic E-state index is 0.0719. The van der Waals surface area contributed by atoms with Crippen molar-refractivity contribution in [1.29, 1.82) is 0 Å². The minimum atomic E-state index is -3.85. The van der Waals surface area contributed by atoms with Crippen LogP contribution in [0.15, 0.2) is 23.1 Å². The molecule has 2 fully saturated rings. The highest BCUT2D eigenvalue weighted by Crippen LogP contribution is 2.31. The molecule has 2 atom stereocenters. The Kier molecular flexibility index (Phi) is 3.84. The van der Waals surface area contributed by atoms with Gasteiger partial charge in [-0.1, -0.05) is 0 Å². The number of benzene rings is 1. The Hall–Kier alpha value is -1.93. The van der Waals surface area contributed by atoms with Crippen molar-refractivity contribution in [2.45, 2.75) is 55.6 Å². The number of fused-ring (bicyclic) bond motifs is 3. The third-order valence-corrected chi connectivity index (χ3v) is 7.26. The number of carbonyl (C=O) groups is 2. The molecule has 134 valence electrons. The fourth-order valence-electron chi connectivity index (χ4n) is 4.17. The molecule has 0 aromatic heterocycles. The predicted molar refractivity (Wildman–Crippen MR) is 90.8 cm³/mol. The SMILES string of the molecule is CCN1C(=O)c2ccc(C(=O)NC3CC4CCC(C3)N4)cc2S1(=O)=O. The first-order chi connectivity index (χ1) is 11.9. The molecule has 1 aromatic rings. The number of rotatable bonds is 3. The van der Waals surface area contributed by atoms with E-state index in [1.54, 1.807) is 6.92 Å². The standard InChI is InChI=1S/C17H21N3O4S/c1-2-20-17(22)14-6-3-10(7-15(14)25(20,23)24)16(21)19-13-8-11-4-5-12(9-13)18-11/h3,6-7,11-13,18H,2,4-5,8-9H2,1H3,(H,19,21). The van der Waals surface area contributed by atoms with Gasteiger partial charge in [-0.15, -0.1) is 0 Å². The predicted octanol–water partition coefficient (Wildman–Crippen LogP) is 0.864. The van der Waals surface area contributed by atoms with Crippen LogP contribution in [0.5, 0.6) is 0 Å². The van der Waals surface area contributed by atoms with E-state index in [0.29, 0.717) is 12.1 Å². The zero-order chi connectivity index (χ0) is 17.8. The second-order valence-electron chi connectivity index (χ2n) is 6.97. The van der Waals surface area contributed by atoms with E-state index < -0.39 is 15.9 Å². The lowest BCUT2D eigenvalue weighted by molar-refractivity contribution is 0.0873. The molecule has 7 nitrogen and oxygen atoms in total. The summed E-state index contributed by atoms with van der Waals surface area (Å²) in [5, 5.41) is 6.54. The summed E-state index contributed by atoms with van der Waals surface area (Å²) in [5.74, 6) is -0.814. The molecule has 3 aliphatic rings. The third kappa shape index (κ3) is 2.64. The average molecular weight is 363 g/mol. The summed E-state index contributed by atoms with van der Waals surface area (Å²) >= 11 is 0. The molecule has 0 saturated carbocycles. The summed E-state index contributed by atoms with van der Waals surface area (Å²) in [6.07, 6.45) is 4.08. The summed E-state index contributed by atoms with van der Waals surface area (Å²) < 4.78 is 25.7. The van der Waals surface area contributed by atoms with Gasteiger partial charge in [0.25, 0.3) is 21.8 Å². The molecule has 1 aromatic carbocycles. The van der Waals surface area contributed by atoms with Crippen molar-refractivity contribution >= 4 is 21.8 Å². The Morgan fingerprint density at radius 2 is 1.96 bits per heavy atom. The Balaban J connectivity index is 1.57. The van der Waals surface area contributed by atoms with Gasteiger partial charge in [0.05, 0.1) is 5.56 Å². The quantitative estimate of drug-likeness (QED) is 0.831. The van der Waals surface area contributed by atoms with Crippen molar-refractivity contribution in [3.8, 4) is 0 Å². The number of amides is 2. The molecule has 3 heterocycles. The molecule has 0 radical (unpaired) electrons. The van der Waals surface area contributed by atoms with Gasteiger partial charge in [0.2, 0.25) is 0 Å². The molecular formula is C17H21N3O4S. The minimum Gasteiger partial charge on any atom is -0.349 e. The van der Waals surface area contributed by atoms with Crippen LogP contribution < -0.4 is 10.6 Å². The first-order valence-corrected chi connectivity index (χ1v) is 10.1. The average Bonchev–Trinajstić information content (AvgIpc) is 3.01. The number of piperidine rings is 1. The Labute approximate surface area is 146 Å². The van der Waals surface area contributed by atoms with Crippen LogP contribution in [0.4, 0.5) is 0 Å². The van der Waals surface area contributed by atoms with Crippen molar-refractivity contribution in [2.24, 2.45) is 0 Å². The van der Waals surface area contributed by atoms with Crippen molar-refractivity contribution in [3.63, 3.8) is 0 Å². The van der Waals surface area contributed by atoms with E-state index in [9.17, 15) is 18.0 Å². The van der Waals surface area contributed by atoms with E-state index in [0.717, 1.165) is 30.0 Å². The van der Waals surface area contributed by atoms with Gasteiger partial charge in [0.15, 0.2) is 0 Å². The van der Waals surface area contributed by atoms with Crippen LogP contribution in [0.2, 0.25) is 0 Å². The number of nitrogens with one attached hydrogen (secondary N) is 2. The van der Waals surface area contributed by atoms with E-state index in [1.807, 2.05) is 0 Å². The lowest BCUT2D eigenvalue weighted by Gasteiger charge is -2.29. The highest BCUT2D eigenvalue weighted by molar-refractivity contribution is 7.90. The van der Waals surface area contributed by atoms with Crippen molar-refractivity contribution in [3.05, 3.63) is 29.3 Å². The normalized spacial score (nSPS) is 29.6. The van der Waals surface area contributed by atoms with Crippen LogP contribution >= 0.6 is 0 Å². The lowest BCUT2D eigenvalue weighted by atomic mass is 9.99. The van der Waals surface area contributed by atoms with Gasteiger partial charge in [-0.2, -0.15) is 0 Å². The Morgan fingerprint density at radius 1 is 1.28 bits per heavy atom. The lowest BCUT2D eigenvalue weighted by Crippen LogP contribution is -2.48. The van der Waals surface area contributed by atoms with E-state index in [1.165, 1.54) is 18.2 Å².